The summed E-state index contributed by atoms with van der Waals surface area (Å²) in [7, 11) is 0. The number of halogens is 4. The molecule has 9 heteroatoms. The number of hydrogen-bond donors (Lipinski definition) is 1. The molecule has 1 aromatic carbocycles. The first-order valence-corrected chi connectivity index (χ1v) is 7.33. The summed E-state index contributed by atoms with van der Waals surface area (Å²) in [5.41, 5.74) is -0.350. The predicted molar refractivity (Wildman–Crippen MR) is 83.5 cm³/mol. The van der Waals surface area contributed by atoms with Crippen molar-refractivity contribution in [2.24, 2.45) is 0 Å². The summed E-state index contributed by atoms with van der Waals surface area (Å²) in [6.45, 7) is 3.60. The fraction of sp³-hybridized carbons (Fsp3) is 0.375. The zero-order chi connectivity index (χ0) is 18.8. The number of aromatic nitrogens is 2. The summed E-state index contributed by atoms with van der Waals surface area (Å²) in [5.74, 6) is -0.615. The second-order valence-electron chi connectivity index (χ2n) is 6.32. The molecule has 0 aliphatic carbocycles. The summed E-state index contributed by atoms with van der Waals surface area (Å²) < 4.78 is 57.1. The predicted octanol–water partition coefficient (Wildman–Crippen LogP) is 4.60. The standard InChI is InChI=1S/C16H17F4N3O2/c1-15(2,3)25-14(24)21-13-8-12(10-4-6-11(17)7-5-10)23(22-13)9-16(18,19)20/h4-8H,9H2,1-3H3,(H,21,22,24). The van der Waals surface area contributed by atoms with E-state index in [1.54, 1.807) is 20.8 Å². The van der Waals surface area contributed by atoms with Gasteiger partial charge in [0, 0.05) is 11.6 Å². The number of rotatable bonds is 3. The largest absolute Gasteiger partial charge is 0.444 e. The van der Waals surface area contributed by atoms with E-state index in [-0.39, 0.29) is 11.5 Å². The van der Waals surface area contributed by atoms with E-state index in [0.717, 1.165) is 12.1 Å². The fourth-order valence-corrected chi connectivity index (χ4v) is 2.03. The van der Waals surface area contributed by atoms with Gasteiger partial charge in [-0.2, -0.15) is 18.3 Å². The Bertz CT molecular complexity index is 746. The Morgan fingerprint density at radius 3 is 2.32 bits per heavy atom. The van der Waals surface area contributed by atoms with Gasteiger partial charge in [0.2, 0.25) is 0 Å². The average molecular weight is 359 g/mol. The van der Waals surface area contributed by atoms with Gasteiger partial charge in [-0.05, 0) is 45.0 Å². The molecule has 0 atom stereocenters. The van der Waals surface area contributed by atoms with Crippen LogP contribution >= 0.6 is 0 Å². The molecule has 0 fully saturated rings. The van der Waals surface area contributed by atoms with E-state index in [1.165, 1.54) is 18.2 Å². The normalized spacial score (nSPS) is 12.1. The highest BCUT2D eigenvalue weighted by Gasteiger charge is 2.30. The summed E-state index contributed by atoms with van der Waals surface area (Å²) in [5, 5.41) is 6.05. The molecule has 0 radical (unpaired) electrons. The van der Waals surface area contributed by atoms with Gasteiger partial charge in [-0.3, -0.25) is 10.00 Å². The van der Waals surface area contributed by atoms with Crippen LogP contribution in [0.15, 0.2) is 30.3 Å². The van der Waals surface area contributed by atoms with Crippen LogP contribution in [0, 0.1) is 5.82 Å². The zero-order valence-electron chi connectivity index (χ0n) is 13.8. The first kappa shape index (κ1) is 18.8. The van der Waals surface area contributed by atoms with Gasteiger partial charge in [-0.15, -0.1) is 0 Å². The van der Waals surface area contributed by atoms with Gasteiger partial charge in [0.1, 0.15) is 18.0 Å². The first-order valence-electron chi connectivity index (χ1n) is 7.33. The molecule has 1 heterocycles. The van der Waals surface area contributed by atoms with Gasteiger partial charge >= 0.3 is 12.3 Å². The minimum absolute atomic E-state index is 0.0865. The molecular formula is C16H17F4N3O2. The summed E-state index contributed by atoms with van der Waals surface area (Å²) in [4.78, 5) is 11.8. The van der Waals surface area contributed by atoms with Gasteiger partial charge in [0.15, 0.2) is 5.82 Å². The van der Waals surface area contributed by atoms with E-state index in [2.05, 4.69) is 10.4 Å². The highest BCUT2D eigenvalue weighted by atomic mass is 19.4. The molecule has 5 nitrogen and oxygen atoms in total. The third kappa shape index (κ3) is 5.77. The molecule has 1 N–H and O–H groups in total. The van der Waals surface area contributed by atoms with E-state index in [0.29, 0.717) is 10.2 Å². The molecule has 25 heavy (non-hydrogen) atoms. The van der Waals surface area contributed by atoms with E-state index in [4.69, 9.17) is 4.74 Å². The van der Waals surface area contributed by atoms with Crippen molar-refractivity contribution in [3.63, 3.8) is 0 Å². The number of anilines is 1. The maximum atomic E-state index is 13.0. The molecule has 0 aliphatic heterocycles. The Balaban J connectivity index is 2.32. The van der Waals surface area contributed by atoms with Crippen LogP contribution in [0.1, 0.15) is 20.8 Å². The maximum absolute atomic E-state index is 13.0. The quantitative estimate of drug-likeness (QED) is 0.815. The summed E-state index contributed by atoms with van der Waals surface area (Å²) in [6.07, 6.45) is -5.35. The van der Waals surface area contributed by atoms with Crippen LogP contribution in [0.4, 0.5) is 28.2 Å². The van der Waals surface area contributed by atoms with Crippen LogP contribution in [0.3, 0.4) is 0 Å². The zero-order valence-corrected chi connectivity index (χ0v) is 13.8. The van der Waals surface area contributed by atoms with Crippen molar-refractivity contribution in [1.82, 2.24) is 9.78 Å². The van der Waals surface area contributed by atoms with Gasteiger partial charge < -0.3 is 4.74 Å². The van der Waals surface area contributed by atoms with Crippen molar-refractivity contribution >= 4 is 11.9 Å². The van der Waals surface area contributed by atoms with Crippen molar-refractivity contribution < 1.29 is 27.1 Å². The van der Waals surface area contributed by atoms with Crippen LogP contribution in [0.2, 0.25) is 0 Å². The minimum Gasteiger partial charge on any atom is -0.444 e. The van der Waals surface area contributed by atoms with Crippen LogP contribution in [0.25, 0.3) is 11.3 Å². The molecule has 2 aromatic rings. The van der Waals surface area contributed by atoms with Crippen LogP contribution < -0.4 is 5.32 Å². The molecule has 0 spiro atoms. The average Bonchev–Trinajstić information content (AvgIpc) is 2.77. The fourth-order valence-electron chi connectivity index (χ4n) is 2.03. The highest BCUT2D eigenvalue weighted by molar-refractivity contribution is 5.84. The molecular weight excluding hydrogens is 342 g/mol. The second kappa shape index (κ2) is 6.73. The molecule has 136 valence electrons. The number of amides is 1. The van der Waals surface area contributed by atoms with Crippen LogP contribution in [0.5, 0.6) is 0 Å². The maximum Gasteiger partial charge on any atom is 0.413 e. The summed E-state index contributed by atoms with van der Waals surface area (Å²) in [6, 6.07) is 6.18. The van der Waals surface area contributed by atoms with Gasteiger partial charge in [-0.25, -0.2) is 9.18 Å². The molecule has 0 bridgehead atoms. The van der Waals surface area contributed by atoms with Crippen molar-refractivity contribution in [1.29, 1.82) is 0 Å². The van der Waals surface area contributed by atoms with Crippen LogP contribution in [-0.4, -0.2) is 27.7 Å². The number of nitrogens with one attached hydrogen (secondary N) is 1. The molecule has 0 aliphatic rings. The minimum atomic E-state index is -4.51. The number of hydrogen-bond acceptors (Lipinski definition) is 3. The van der Waals surface area contributed by atoms with Gasteiger partial charge in [-0.1, -0.05) is 0 Å². The van der Waals surface area contributed by atoms with Crippen molar-refractivity contribution in [2.45, 2.75) is 39.1 Å². The van der Waals surface area contributed by atoms with Crippen LogP contribution in [-0.2, 0) is 11.3 Å². The first-order chi connectivity index (χ1) is 11.4. The molecule has 1 aromatic heterocycles. The number of ether oxygens (including phenoxy) is 1. The molecule has 2 rings (SSSR count). The van der Waals surface area contributed by atoms with E-state index in [1.807, 2.05) is 0 Å². The SMILES string of the molecule is CC(C)(C)OC(=O)Nc1cc(-c2ccc(F)cc2)n(CC(F)(F)F)n1. The highest BCUT2D eigenvalue weighted by Crippen LogP contribution is 2.27. The number of nitrogens with zero attached hydrogens (tertiary/aromatic N) is 2. The lowest BCUT2D eigenvalue weighted by atomic mass is 10.1. The molecule has 0 saturated carbocycles. The Hall–Kier alpha value is -2.58. The number of alkyl halides is 3. The lowest BCUT2D eigenvalue weighted by molar-refractivity contribution is -0.142. The smallest absolute Gasteiger partial charge is 0.413 e. The monoisotopic (exact) mass is 359 g/mol. The topological polar surface area (TPSA) is 56.1 Å². The number of benzene rings is 1. The van der Waals surface area contributed by atoms with Crippen molar-refractivity contribution in [2.75, 3.05) is 5.32 Å². The lowest BCUT2D eigenvalue weighted by Crippen LogP contribution is -2.27. The van der Waals surface area contributed by atoms with E-state index < -0.39 is 30.2 Å². The number of carbonyl (C=O) groups is 1. The Morgan fingerprint density at radius 2 is 1.80 bits per heavy atom. The third-order valence-electron chi connectivity index (χ3n) is 2.88. The lowest BCUT2D eigenvalue weighted by Gasteiger charge is -2.19. The molecule has 0 unspecified atom stereocenters. The van der Waals surface area contributed by atoms with E-state index in [9.17, 15) is 22.4 Å². The van der Waals surface area contributed by atoms with Gasteiger partial charge in [0.05, 0.1) is 5.69 Å². The van der Waals surface area contributed by atoms with Crippen molar-refractivity contribution in [3.8, 4) is 11.3 Å². The number of carbonyl (C=O) groups excluding carboxylic acids is 1. The molecule has 0 saturated heterocycles. The van der Waals surface area contributed by atoms with Gasteiger partial charge in [0.25, 0.3) is 0 Å². The van der Waals surface area contributed by atoms with E-state index >= 15 is 0 Å². The Kier molecular flexibility index (Phi) is 5.05. The van der Waals surface area contributed by atoms with Crippen molar-refractivity contribution in [3.05, 3.63) is 36.1 Å². The molecule has 1 amide bonds. The third-order valence-corrected chi connectivity index (χ3v) is 2.88. The Labute approximate surface area is 141 Å². The Morgan fingerprint density at radius 1 is 1.20 bits per heavy atom. The second-order valence-corrected chi connectivity index (χ2v) is 6.32. The summed E-state index contributed by atoms with van der Waals surface area (Å²) >= 11 is 0.